The molecule has 0 aromatic heterocycles. The van der Waals surface area contributed by atoms with Crippen LogP contribution in [0.2, 0.25) is 0 Å². The van der Waals surface area contributed by atoms with Crippen LogP contribution in [0.5, 0.6) is 0 Å². The second-order valence-corrected chi connectivity index (χ2v) is 9.01. The van der Waals surface area contributed by atoms with Gasteiger partial charge in [0.05, 0.1) is 0 Å². The molecule has 1 saturated heterocycles. The van der Waals surface area contributed by atoms with Gasteiger partial charge in [0.2, 0.25) is 0 Å². The highest BCUT2D eigenvalue weighted by molar-refractivity contribution is 7.99. The van der Waals surface area contributed by atoms with Crippen LogP contribution in [0.3, 0.4) is 0 Å². The van der Waals surface area contributed by atoms with Crippen molar-refractivity contribution in [2.24, 2.45) is 0 Å². The molecule has 3 atom stereocenters. The number of piperidine rings is 1. The Morgan fingerprint density at radius 2 is 2.00 bits per heavy atom. The number of rotatable bonds is 7. The van der Waals surface area contributed by atoms with Crippen LogP contribution in [-0.2, 0) is 4.74 Å². The van der Waals surface area contributed by atoms with Gasteiger partial charge in [-0.15, -0.1) is 0 Å². The van der Waals surface area contributed by atoms with Crippen molar-refractivity contribution in [1.82, 2.24) is 10.2 Å². The van der Waals surface area contributed by atoms with Crippen molar-refractivity contribution in [2.75, 3.05) is 18.1 Å². The second-order valence-electron chi connectivity index (χ2n) is 7.69. The first kappa shape index (κ1) is 20.6. The summed E-state index contributed by atoms with van der Waals surface area (Å²) in [7, 11) is 0. The molecule has 136 valence electrons. The van der Waals surface area contributed by atoms with Crippen molar-refractivity contribution in [1.29, 1.82) is 0 Å². The minimum Gasteiger partial charge on any atom is -0.444 e. The van der Waals surface area contributed by atoms with E-state index in [0.29, 0.717) is 18.1 Å². The molecule has 3 unspecified atom stereocenters. The van der Waals surface area contributed by atoms with Gasteiger partial charge in [-0.1, -0.05) is 6.92 Å². The Morgan fingerprint density at radius 3 is 2.61 bits per heavy atom. The number of thioether (sulfide) groups is 1. The minimum absolute atomic E-state index is 0.149. The molecule has 1 aliphatic heterocycles. The van der Waals surface area contributed by atoms with Crippen LogP contribution >= 0.6 is 11.8 Å². The third-order valence-electron chi connectivity index (χ3n) is 4.02. The summed E-state index contributed by atoms with van der Waals surface area (Å²) in [6.45, 7) is 13.3. The van der Waals surface area contributed by atoms with Crippen LogP contribution in [0.25, 0.3) is 0 Å². The fourth-order valence-electron chi connectivity index (χ4n) is 3.11. The van der Waals surface area contributed by atoms with E-state index in [2.05, 4.69) is 26.1 Å². The Labute approximate surface area is 147 Å². The molecule has 0 aromatic rings. The first-order valence-electron chi connectivity index (χ1n) is 9.06. The average Bonchev–Trinajstić information content (AvgIpc) is 2.43. The first-order valence-corrected chi connectivity index (χ1v) is 10.2. The van der Waals surface area contributed by atoms with E-state index in [0.717, 1.165) is 37.3 Å². The molecular formula is C18H36N2O2S. The number of likely N-dealkylation sites (tertiary alicyclic amines) is 1. The summed E-state index contributed by atoms with van der Waals surface area (Å²) in [6.07, 6.45) is 4.23. The molecule has 0 aliphatic carbocycles. The van der Waals surface area contributed by atoms with E-state index in [4.69, 9.17) is 4.74 Å². The zero-order valence-electron chi connectivity index (χ0n) is 15.9. The molecule has 5 heteroatoms. The summed E-state index contributed by atoms with van der Waals surface area (Å²) in [5, 5.41) is 3.67. The van der Waals surface area contributed by atoms with Gasteiger partial charge >= 0.3 is 6.09 Å². The third kappa shape index (κ3) is 8.30. The number of carbonyl (C=O) groups is 1. The van der Waals surface area contributed by atoms with Gasteiger partial charge in [0.25, 0.3) is 0 Å². The van der Waals surface area contributed by atoms with Crippen LogP contribution in [0.4, 0.5) is 4.79 Å². The van der Waals surface area contributed by atoms with E-state index < -0.39 is 5.60 Å². The summed E-state index contributed by atoms with van der Waals surface area (Å²) in [4.78, 5) is 14.4. The largest absolute Gasteiger partial charge is 0.444 e. The SMILES string of the molecule is CCSCC(C)NC(C)CC1CCCCN1C(=O)OC(C)(C)C. The van der Waals surface area contributed by atoms with Gasteiger partial charge in [-0.2, -0.15) is 11.8 Å². The van der Waals surface area contributed by atoms with Crippen LogP contribution in [-0.4, -0.2) is 52.8 Å². The highest BCUT2D eigenvalue weighted by atomic mass is 32.2. The number of nitrogens with zero attached hydrogens (tertiary/aromatic N) is 1. The summed E-state index contributed by atoms with van der Waals surface area (Å²) in [5.74, 6) is 2.30. The number of carbonyl (C=O) groups excluding carboxylic acids is 1. The van der Waals surface area contributed by atoms with E-state index in [9.17, 15) is 4.79 Å². The number of hydrogen-bond acceptors (Lipinski definition) is 4. The maximum Gasteiger partial charge on any atom is 0.410 e. The molecule has 0 saturated carbocycles. The lowest BCUT2D eigenvalue weighted by Crippen LogP contribution is -2.49. The standard InChI is InChI=1S/C18H36N2O2S/c1-7-23-13-15(3)19-14(2)12-16-10-8-9-11-20(16)17(21)22-18(4,5)6/h14-16,19H,7-13H2,1-6H3. The smallest absolute Gasteiger partial charge is 0.410 e. The zero-order chi connectivity index (χ0) is 17.5. The van der Waals surface area contributed by atoms with Gasteiger partial charge < -0.3 is 15.0 Å². The van der Waals surface area contributed by atoms with Gasteiger partial charge in [0.1, 0.15) is 5.60 Å². The fourth-order valence-corrected chi connectivity index (χ4v) is 3.80. The molecule has 1 heterocycles. The molecule has 1 amide bonds. The number of nitrogens with one attached hydrogen (secondary N) is 1. The fraction of sp³-hybridized carbons (Fsp3) is 0.944. The number of amides is 1. The predicted molar refractivity (Wildman–Crippen MR) is 100 cm³/mol. The second kappa shape index (κ2) is 9.77. The molecule has 23 heavy (non-hydrogen) atoms. The molecular weight excluding hydrogens is 308 g/mol. The maximum atomic E-state index is 12.4. The van der Waals surface area contributed by atoms with E-state index in [1.54, 1.807) is 0 Å². The van der Waals surface area contributed by atoms with E-state index >= 15 is 0 Å². The van der Waals surface area contributed by atoms with Crippen molar-refractivity contribution >= 4 is 17.9 Å². The minimum atomic E-state index is -0.422. The monoisotopic (exact) mass is 344 g/mol. The van der Waals surface area contributed by atoms with Gasteiger partial charge in [-0.25, -0.2) is 4.79 Å². The summed E-state index contributed by atoms with van der Waals surface area (Å²) in [5.41, 5.74) is -0.422. The summed E-state index contributed by atoms with van der Waals surface area (Å²) in [6, 6.07) is 1.22. The van der Waals surface area contributed by atoms with Crippen molar-refractivity contribution in [2.45, 2.75) is 91.0 Å². The van der Waals surface area contributed by atoms with Gasteiger partial charge in [-0.3, -0.25) is 0 Å². The molecule has 0 spiro atoms. The first-order chi connectivity index (χ1) is 10.7. The zero-order valence-corrected chi connectivity index (χ0v) is 16.7. The maximum absolute atomic E-state index is 12.4. The molecule has 1 fully saturated rings. The van der Waals surface area contributed by atoms with E-state index in [-0.39, 0.29) is 6.09 Å². The Hall–Kier alpha value is -0.420. The number of hydrogen-bond donors (Lipinski definition) is 1. The van der Waals surface area contributed by atoms with Crippen molar-refractivity contribution in [3.63, 3.8) is 0 Å². The van der Waals surface area contributed by atoms with Crippen molar-refractivity contribution in [3.8, 4) is 0 Å². The molecule has 4 nitrogen and oxygen atoms in total. The molecule has 1 N–H and O–H groups in total. The third-order valence-corrected chi connectivity index (χ3v) is 5.17. The van der Waals surface area contributed by atoms with E-state index in [1.807, 2.05) is 37.4 Å². The van der Waals surface area contributed by atoms with Crippen LogP contribution < -0.4 is 5.32 Å². The summed E-state index contributed by atoms with van der Waals surface area (Å²) < 4.78 is 5.59. The topological polar surface area (TPSA) is 41.6 Å². The Morgan fingerprint density at radius 1 is 1.30 bits per heavy atom. The van der Waals surface area contributed by atoms with E-state index in [1.165, 1.54) is 6.42 Å². The highest BCUT2D eigenvalue weighted by Gasteiger charge is 2.31. The quantitative estimate of drug-likeness (QED) is 0.748. The Balaban J connectivity index is 2.52. The van der Waals surface area contributed by atoms with Gasteiger partial charge in [0.15, 0.2) is 0 Å². The Kier molecular flexibility index (Phi) is 8.76. The van der Waals surface area contributed by atoms with Crippen molar-refractivity contribution in [3.05, 3.63) is 0 Å². The normalized spacial score (nSPS) is 21.8. The van der Waals surface area contributed by atoms with Gasteiger partial charge in [-0.05, 0) is 66.1 Å². The lowest BCUT2D eigenvalue weighted by molar-refractivity contribution is 0.00784. The summed E-state index contributed by atoms with van der Waals surface area (Å²) >= 11 is 1.97. The number of ether oxygens (including phenoxy) is 1. The van der Waals surface area contributed by atoms with Crippen molar-refractivity contribution < 1.29 is 9.53 Å². The van der Waals surface area contributed by atoms with Crippen LogP contribution in [0.15, 0.2) is 0 Å². The molecule has 1 rings (SSSR count). The highest BCUT2D eigenvalue weighted by Crippen LogP contribution is 2.23. The van der Waals surface area contributed by atoms with Crippen LogP contribution in [0.1, 0.15) is 67.2 Å². The molecule has 0 radical (unpaired) electrons. The van der Waals surface area contributed by atoms with Gasteiger partial charge in [0, 0.05) is 30.4 Å². The molecule has 0 bridgehead atoms. The molecule has 1 aliphatic rings. The molecule has 0 aromatic carbocycles. The average molecular weight is 345 g/mol. The van der Waals surface area contributed by atoms with Crippen LogP contribution in [0, 0.1) is 0 Å². The lowest BCUT2D eigenvalue weighted by atomic mass is 9.96. The lowest BCUT2D eigenvalue weighted by Gasteiger charge is -2.38. The predicted octanol–water partition coefficient (Wildman–Crippen LogP) is 4.29. The Bertz CT molecular complexity index is 357.